The van der Waals surface area contributed by atoms with E-state index in [4.69, 9.17) is 5.73 Å². The van der Waals surface area contributed by atoms with E-state index in [1.54, 1.807) is 23.1 Å². The Morgan fingerprint density at radius 3 is 2.87 bits per heavy atom. The summed E-state index contributed by atoms with van der Waals surface area (Å²) >= 11 is 0. The van der Waals surface area contributed by atoms with Gasteiger partial charge in [0.1, 0.15) is 0 Å². The number of allylic oxidation sites excluding steroid dienone is 3. The Kier molecular flexibility index (Phi) is 4.12. The molecule has 0 spiro atoms. The number of amides is 2. The van der Waals surface area contributed by atoms with Crippen LogP contribution in [0.25, 0.3) is 0 Å². The summed E-state index contributed by atoms with van der Waals surface area (Å²) < 4.78 is 0. The zero-order valence-corrected chi connectivity index (χ0v) is 8.78. The van der Waals surface area contributed by atoms with Crippen LogP contribution in [0.4, 0.5) is 4.79 Å². The van der Waals surface area contributed by atoms with Crippen molar-refractivity contribution in [2.24, 2.45) is 5.73 Å². The zero-order valence-electron chi connectivity index (χ0n) is 8.78. The molecule has 1 aliphatic heterocycles. The summed E-state index contributed by atoms with van der Waals surface area (Å²) in [6, 6.07) is -0.0330. The quantitative estimate of drug-likeness (QED) is 0.678. The number of likely N-dealkylation sites (tertiary alicyclic amines) is 1. The molecule has 1 atom stereocenters. The Morgan fingerprint density at radius 2 is 2.33 bits per heavy atom. The molecular weight excluding hydrogens is 190 g/mol. The van der Waals surface area contributed by atoms with Gasteiger partial charge in [-0.1, -0.05) is 25.3 Å². The highest BCUT2D eigenvalue weighted by molar-refractivity contribution is 5.76. The summed E-state index contributed by atoms with van der Waals surface area (Å²) in [6.45, 7) is 8.56. The van der Waals surface area contributed by atoms with E-state index in [2.05, 4.69) is 18.5 Å². The van der Waals surface area contributed by atoms with Crippen LogP contribution in [0.15, 0.2) is 37.1 Å². The van der Waals surface area contributed by atoms with Crippen LogP contribution >= 0.6 is 0 Å². The van der Waals surface area contributed by atoms with Gasteiger partial charge in [0.25, 0.3) is 0 Å². The molecule has 0 radical (unpaired) electrons. The number of nitrogens with one attached hydrogen (secondary N) is 1. The molecule has 0 aromatic carbocycles. The lowest BCUT2D eigenvalue weighted by Crippen LogP contribution is -2.38. The van der Waals surface area contributed by atoms with Crippen molar-refractivity contribution in [1.82, 2.24) is 10.2 Å². The van der Waals surface area contributed by atoms with E-state index >= 15 is 0 Å². The van der Waals surface area contributed by atoms with Crippen molar-refractivity contribution in [3.63, 3.8) is 0 Å². The van der Waals surface area contributed by atoms with Crippen molar-refractivity contribution in [3.05, 3.63) is 37.1 Å². The molecule has 1 heterocycles. The first-order valence-corrected chi connectivity index (χ1v) is 4.93. The van der Waals surface area contributed by atoms with E-state index in [1.807, 2.05) is 0 Å². The minimum absolute atomic E-state index is 0.104. The normalized spacial score (nSPS) is 20.6. The summed E-state index contributed by atoms with van der Waals surface area (Å²) in [4.78, 5) is 13.3. The number of hydrogen-bond donors (Lipinski definition) is 2. The smallest absolute Gasteiger partial charge is 0.321 e. The van der Waals surface area contributed by atoms with E-state index in [-0.39, 0.29) is 12.1 Å². The molecule has 1 fully saturated rings. The molecule has 1 aliphatic rings. The Labute approximate surface area is 90.1 Å². The molecule has 2 amide bonds. The second kappa shape index (κ2) is 5.36. The van der Waals surface area contributed by atoms with Crippen LogP contribution in [0.3, 0.4) is 0 Å². The lowest BCUT2D eigenvalue weighted by molar-refractivity contribution is 0.211. The van der Waals surface area contributed by atoms with Crippen LogP contribution in [0.5, 0.6) is 0 Å². The molecule has 15 heavy (non-hydrogen) atoms. The molecule has 1 saturated heterocycles. The number of nitrogens with zero attached hydrogens (tertiary/aromatic N) is 1. The average Bonchev–Trinajstić information content (AvgIpc) is 2.61. The summed E-state index contributed by atoms with van der Waals surface area (Å²) in [5.74, 6) is 0. The van der Waals surface area contributed by atoms with E-state index in [0.717, 1.165) is 6.42 Å². The van der Waals surface area contributed by atoms with Gasteiger partial charge in [-0.25, -0.2) is 4.79 Å². The predicted octanol–water partition coefficient (Wildman–Crippen LogP) is 0.985. The first-order valence-electron chi connectivity index (χ1n) is 4.93. The largest absolute Gasteiger partial charge is 0.326 e. The monoisotopic (exact) mass is 207 g/mol. The lowest BCUT2D eigenvalue weighted by atomic mass is 10.3. The van der Waals surface area contributed by atoms with Crippen LogP contribution < -0.4 is 11.1 Å². The van der Waals surface area contributed by atoms with Crippen LogP contribution in [0.2, 0.25) is 0 Å². The molecule has 3 N–H and O–H groups in total. The standard InChI is InChI=1S/C11H17N3O/c1-3-4-5-9(2)13-11(15)14-7-6-10(12)8-14/h3-5,10H,1-2,6-8,12H2,(H,13,15)/b5-4-/t10-/m1/s1. The number of urea groups is 1. The van der Waals surface area contributed by atoms with Crippen LogP contribution in [-0.2, 0) is 0 Å². The SMILES string of the molecule is C=C/C=C\C(=C)NC(=O)N1CC[C@@H](N)C1. The third-order valence-corrected chi connectivity index (χ3v) is 2.21. The first-order chi connectivity index (χ1) is 7.13. The van der Waals surface area contributed by atoms with Gasteiger partial charge in [-0.3, -0.25) is 0 Å². The first kappa shape index (κ1) is 11.5. The topological polar surface area (TPSA) is 58.4 Å². The molecule has 1 rings (SSSR count). The van der Waals surface area contributed by atoms with E-state index in [0.29, 0.717) is 18.8 Å². The molecular formula is C11H17N3O. The summed E-state index contributed by atoms with van der Waals surface area (Å²) in [5.41, 5.74) is 6.26. The molecule has 0 aromatic heterocycles. The fourth-order valence-electron chi connectivity index (χ4n) is 1.41. The fourth-order valence-corrected chi connectivity index (χ4v) is 1.41. The highest BCUT2D eigenvalue weighted by Gasteiger charge is 2.23. The second-order valence-electron chi connectivity index (χ2n) is 3.54. The number of rotatable bonds is 3. The van der Waals surface area contributed by atoms with Crippen LogP contribution in [0.1, 0.15) is 6.42 Å². The maximum atomic E-state index is 11.6. The molecule has 0 bridgehead atoms. The van der Waals surface area contributed by atoms with Crippen molar-refractivity contribution in [1.29, 1.82) is 0 Å². The van der Waals surface area contributed by atoms with Crippen molar-refractivity contribution in [2.75, 3.05) is 13.1 Å². The van der Waals surface area contributed by atoms with Crippen molar-refractivity contribution >= 4 is 6.03 Å². The van der Waals surface area contributed by atoms with E-state index in [9.17, 15) is 4.79 Å². The Morgan fingerprint density at radius 1 is 1.60 bits per heavy atom. The molecule has 0 aliphatic carbocycles. The Hall–Kier alpha value is -1.55. The number of nitrogens with two attached hydrogens (primary N) is 1. The predicted molar refractivity (Wildman–Crippen MR) is 61.2 cm³/mol. The third-order valence-electron chi connectivity index (χ3n) is 2.21. The Bertz CT molecular complexity index is 296. The van der Waals surface area contributed by atoms with Gasteiger partial charge in [0.2, 0.25) is 0 Å². The van der Waals surface area contributed by atoms with Gasteiger partial charge in [0.15, 0.2) is 0 Å². The van der Waals surface area contributed by atoms with Gasteiger partial charge in [-0.05, 0) is 12.5 Å². The van der Waals surface area contributed by atoms with Gasteiger partial charge in [-0.15, -0.1) is 0 Å². The van der Waals surface area contributed by atoms with Gasteiger partial charge in [-0.2, -0.15) is 0 Å². The molecule has 82 valence electrons. The minimum atomic E-state index is -0.137. The fraction of sp³-hybridized carbons (Fsp3) is 0.364. The van der Waals surface area contributed by atoms with Gasteiger partial charge >= 0.3 is 6.03 Å². The molecule has 4 heteroatoms. The van der Waals surface area contributed by atoms with Crippen molar-refractivity contribution < 1.29 is 4.79 Å². The van der Waals surface area contributed by atoms with E-state index in [1.165, 1.54) is 0 Å². The lowest BCUT2D eigenvalue weighted by Gasteiger charge is -2.16. The van der Waals surface area contributed by atoms with E-state index < -0.39 is 0 Å². The minimum Gasteiger partial charge on any atom is -0.326 e. The Balaban J connectivity index is 2.38. The highest BCUT2D eigenvalue weighted by atomic mass is 16.2. The van der Waals surface area contributed by atoms with Crippen LogP contribution in [-0.4, -0.2) is 30.1 Å². The average molecular weight is 207 g/mol. The van der Waals surface area contributed by atoms with Crippen molar-refractivity contribution in [3.8, 4) is 0 Å². The third kappa shape index (κ3) is 3.59. The molecule has 4 nitrogen and oxygen atoms in total. The summed E-state index contributed by atoms with van der Waals surface area (Å²) in [7, 11) is 0. The maximum absolute atomic E-state index is 11.6. The zero-order chi connectivity index (χ0) is 11.3. The van der Waals surface area contributed by atoms with Gasteiger partial charge in [0.05, 0.1) is 0 Å². The summed E-state index contributed by atoms with van der Waals surface area (Å²) in [6.07, 6.45) is 5.91. The van der Waals surface area contributed by atoms with Crippen molar-refractivity contribution in [2.45, 2.75) is 12.5 Å². The molecule has 0 aromatic rings. The number of carbonyl (C=O) groups is 1. The molecule has 0 unspecified atom stereocenters. The highest BCUT2D eigenvalue weighted by Crippen LogP contribution is 2.07. The van der Waals surface area contributed by atoms with Gasteiger partial charge < -0.3 is 16.0 Å². The molecule has 0 saturated carbocycles. The van der Waals surface area contributed by atoms with Crippen LogP contribution in [0, 0.1) is 0 Å². The van der Waals surface area contributed by atoms with Gasteiger partial charge in [0, 0.05) is 24.8 Å². The number of carbonyl (C=O) groups excluding carboxylic acids is 1. The summed E-state index contributed by atoms with van der Waals surface area (Å²) in [5, 5.41) is 2.68. The maximum Gasteiger partial charge on any atom is 0.321 e. The second-order valence-corrected chi connectivity index (χ2v) is 3.54. The number of hydrogen-bond acceptors (Lipinski definition) is 2.